The number of nitrogens with one attached hydrogen (secondary N) is 1. The quantitative estimate of drug-likeness (QED) is 0.217. The van der Waals surface area contributed by atoms with Crippen molar-refractivity contribution in [3.8, 4) is 17.2 Å². The maximum atomic E-state index is 13.4. The molecule has 1 aromatic heterocycles. The minimum Gasteiger partial charge on any atom is -0.507 e. The minimum atomic E-state index is -0.980. The third-order valence-electron chi connectivity index (χ3n) is 6.21. The number of benzene rings is 3. The van der Waals surface area contributed by atoms with Crippen LogP contribution >= 0.6 is 0 Å². The van der Waals surface area contributed by atoms with Crippen LogP contribution in [0.15, 0.2) is 72.3 Å². The van der Waals surface area contributed by atoms with Gasteiger partial charge in [0, 0.05) is 5.56 Å². The molecule has 0 bridgehead atoms. The molecule has 0 radical (unpaired) electrons. The number of fused-ring (bicyclic) bond motifs is 1. The maximum absolute atomic E-state index is 13.4. The number of carbonyl (C=O) groups excluding carboxylic acids is 2. The lowest BCUT2D eigenvalue weighted by molar-refractivity contribution is -0.132. The third-order valence-corrected chi connectivity index (χ3v) is 6.21. The molecule has 37 heavy (non-hydrogen) atoms. The number of anilines is 1. The van der Waals surface area contributed by atoms with Gasteiger partial charge in [-0.15, -0.1) is 0 Å². The highest BCUT2D eigenvalue weighted by atomic mass is 16.5. The van der Waals surface area contributed by atoms with Crippen molar-refractivity contribution < 1.29 is 28.9 Å². The van der Waals surface area contributed by atoms with E-state index in [0.717, 1.165) is 0 Å². The van der Waals surface area contributed by atoms with Crippen molar-refractivity contribution in [1.29, 1.82) is 0 Å². The first-order valence-electron chi connectivity index (χ1n) is 11.7. The summed E-state index contributed by atoms with van der Waals surface area (Å²) in [7, 11) is 3.02. The van der Waals surface area contributed by atoms with Crippen molar-refractivity contribution in [3.05, 3.63) is 83.4 Å². The Morgan fingerprint density at radius 1 is 1.00 bits per heavy atom. The number of para-hydroxylation sites is 2. The molecule has 4 aromatic rings. The van der Waals surface area contributed by atoms with Crippen LogP contribution in [0.25, 0.3) is 16.8 Å². The lowest BCUT2D eigenvalue weighted by Gasteiger charge is -2.24. The standard InChI is InChI=1S/C28H25N3O6/c1-4-37-18-12-9-16(10-13-18)25(32)23-24(17-11-14-21(35-2)22(15-17)36-3)31(27(34)26(23)33)28-29-19-7-5-6-8-20(19)30-28/h5-15,24,32H,4H2,1-3H3,(H,29,30)/b25-23+. The molecule has 1 unspecified atom stereocenters. The number of aliphatic hydroxyl groups excluding tert-OH is 1. The predicted octanol–water partition coefficient (Wildman–Crippen LogP) is 4.61. The van der Waals surface area contributed by atoms with Crippen LogP contribution in [0.2, 0.25) is 0 Å². The van der Waals surface area contributed by atoms with E-state index >= 15 is 0 Å². The van der Waals surface area contributed by atoms with Crippen LogP contribution in [0.5, 0.6) is 17.2 Å². The van der Waals surface area contributed by atoms with Gasteiger partial charge in [0.2, 0.25) is 5.95 Å². The number of ether oxygens (including phenoxy) is 3. The average molecular weight is 500 g/mol. The number of rotatable bonds is 7. The molecule has 188 valence electrons. The molecule has 5 rings (SSSR count). The normalized spacial score (nSPS) is 16.8. The number of aromatic amines is 1. The fraction of sp³-hybridized carbons (Fsp3) is 0.179. The van der Waals surface area contributed by atoms with Crippen molar-refractivity contribution in [2.45, 2.75) is 13.0 Å². The summed E-state index contributed by atoms with van der Waals surface area (Å²) in [4.78, 5) is 35.8. The summed E-state index contributed by atoms with van der Waals surface area (Å²) in [6.07, 6.45) is 0. The Labute approximate surface area is 212 Å². The van der Waals surface area contributed by atoms with Crippen molar-refractivity contribution >= 4 is 34.4 Å². The van der Waals surface area contributed by atoms with Crippen LogP contribution < -0.4 is 19.1 Å². The van der Waals surface area contributed by atoms with Crippen molar-refractivity contribution in [3.63, 3.8) is 0 Å². The summed E-state index contributed by atoms with van der Waals surface area (Å²) in [5, 5.41) is 11.3. The number of ketones is 1. The molecule has 9 heteroatoms. The number of imidazole rings is 1. The number of amides is 1. The molecule has 2 heterocycles. The number of carbonyl (C=O) groups is 2. The number of H-pyrrole nitrogens is 1. The first kappa shape index (κ1) is 23.9. The van der Waals surface area contributed by atoms with E-state index in [9.17, 15) is 14.7 Å². The number of nitrogens with zero attached hydrogens (tertiary/aromatic N) is 2. The summed E-state index contributed by atoms with van der Waals surface area (Å²) in [6, 6.07) is 18.1. The van der Waals surface area contributed by atoms with Gasteiger partial charge in [0.25, 0.3) is 5.78 Å². The molecule has 1 amide bonds. The number of methoxy groups -OCH3 is 2. The topological polar surface area (TPSA) is 114 Å². The SMILES string of the molecule is CCOc1ccc(/C(O)=C2\C(=O)C(=O)N(c3nc4ccccc4[nH]3)C2c2ccc(OC)c(OC)c2)cc1. The second-order valence-electron chi connectivity index (χ2n) is 8.32. The molecular formula is C28H25N3O6. The fourth-order valence-corrected chi connectivity index (χ4v) is 4.47. The smallest absolute Gasteiger partial charge is 0.302 e. The van der Waals surface area contributed by atoms with Crippen molar-refractivity contribution in [2.24, 2.45) is 0 Å². The number of aromatic nitrogens is 2. The van der Waals surface area contributed by atoms with Gasteiger partial charge in [0.15, 0.2) is 11.5 Å². The third kappa shape index (κ3) is 4.14. The summed E-state index contributed by atoms with van der Waals surface area (Å²) >= 11 is 0. The van der Waals surface area contributed by atoms with Crippen molar-refractivity contribution in [2.75, 3.05) is 25.7 Å². The molecule has 0 saturated carbocycles. The molecule has 3 aromatic carbocycles. The maximum Gasteiger partial charge on any atom is 0.302 e. The number of hydrogen-bond acceptors (Lipinski definition) is 7. The van der Waals surface area contributed by atoms with E-state index in [1.54, 1.807) is 48.5 Å². The Hall–Kier alpha value is -4.79. The van der Waals surface area contributed by atoms with E-state index in [1.807, 2.05) is 25.1 Å². The molecule has 1 saturated heterocycles. The number of aliphatic hydroxyl groups is 1. The zero-order chi connectivity index (χ0) is 26.1. The van der Waals surface area contributed by atoms with Crippen LogP contribution in [0.1, 0.15) is 24.1 Å². The first-order chi connectivity index (χ1) is 18.0. The van der Waals surface area contributed by atoms with E-state index in [-0.39, 0.29) is 17.3 Å². The summed E-state index contributed by atoms with van der Waals surface area (Å²) < 4.78 is 16.3. The first-order valence-corrected chi connectivity index (χ1v) is 11.7. The highest BCUT2D eigenvalue weighted by molar-refractivity contribution is 6.51. The van der Waals surface area contributed by atoms with Gasteiger partial charge in [-0.3, -0.25) is 14.5 Å². The lowest BCUT2D eigenvalue weighted by atomic mass is 9.95. The van der Waals surface area contributed by atoms with Crippen LogP contribution in [-0.4, -0.2) is 47.6 Å². The zero-order valence-corrected chi connectivity index (χ0v) is 20.5. The Balaban J connectivity index is 1.71. The van der Waals surface area contributed by atoms with Crippen molar-refractivity contribution in [1.82, 2.24) is 9.97 Å². The minimum absolute atomic E-state index is 0.0677. The summed E-state index contributed by atoms with van der Waals surface area (Å²) in [5.41, 5.74) is 2.18. The van der Waals surface area contributed by atoms with Gasteiger partial charge in [-0.05, 0) is 61.0 Å². The average Bonchev–Trinajstić information content (AvgIpc) is 3.46. The Bertz CT molecular complexity index is 1490. The summed E-state index contributed by atoms with van der Waals surface area (Å²) in [5.74, 6) is -0.237. The van der Waals surface area contributed by atoms with Gasteiger partial charge in [-0.25, -0.2) is 4.98 Å². The largest absolute Gasteiger partial charge is 0.507 e. The second-order valence-corrected chi connectivity index (χ2v) is 8.32. The van der Waals surface area contributed by atoms with E-state index in [4.69, 9.17) is 14.2 Å². The van der Waals surface area contributed by atoms with Gasteiger partial charge in [-0.1, -0.05) is 18.2 Å². The van der Waals surface area contributed by atoms with Crippen LogP contribution in [0.3, 0.4) is 0 Å². The predicted molar refractivity (Wildman–Crippen MR) is 138 cm³/mol. The Morgan fingerprint density at radius 2 is 1.73 bits per heavy atom. The molecule has 1 atom stereocenters. The summed E-state index contributed by atoms with van der Waals surface area (Å²) in [6.45, 7) is 2.36. The molecule has 1 aliphatic rings. The van der Waals surface area contributed by atoms with Crippen LogP contribution in [0.4, 0.5) is 5.95 Å². The van der Waals surface area contributed by atoms with Crippen LogP contribution in [-0.2, 0) is 9.59 Å². The van der Waals surface area contributed by atoms with E-state index in [1.165, 1.54) is 19.1 Å². The van der Waals surface area contributed by atoms with Gasteiger partial charge in [-0.2, -0.15) is 0 Å². The molecule has 1 fully saturated rings. The van der Waals surface area contributed by atoms with Gasteiger partial charge < -0.3 is 24.3 Å². The number of Topliss-reactive ketones (excluding diaryl/α,β-unsaturated/α-hetero) is 1. The van der Waals surface area contributed by atoms with E-state index in [2.05, 4.69) is 9.97 Å². The Morgan fingerprint density at radius 3 is 2.41 bits per heavy atom. The lowest BCUT2D eigenvalue weighted by Crippen LogP contribution is -2.30. The highest BCUT2D eigenvalue weighted by Crippen LogP contribution is 2.43. The monoisotopic (exact) mass is 499 g/mol. The molecule has 0 spiro atoms. The van der Waals surface area contributed by atoms with Gasteiger partial charge >= 0.3 is 5.91 Å². The molecule has 1 aliphatic heterocycles. The number of hydrogen-bond donors (Lipinski definition) is 2. The molecule has 9 nitrogen and oxygen atoms in total. The van der Waals surface area contributed by atoms with Gasteiger partial charge in [0.05, 0.1) is 43.5 Å². The highest BCUT2D eigenvalue weighted by Gasteiger charge is 2.48. The van der Waals surface area contributed by atoms with E-state index in [0.29, 0.717) is 46.0 Å². The van der Waals surface area contributed by atoms with Crippen LogP contribution in [0, 0.1) is 0 Å². The molecule has 0 aliphatic carbocycles. The zero-order valence-electron chi connectivity index (χ0n) is 20.5. The Kier molecular flexibility index (Phi) is 6.27. The fourth-order valence-electron chi connectivity index (χ4n) is 4.47. The van der Waals surface area contributed by atoms with E-state index < -0.39 is 17.7 Å². The molecular weight excluding hydrogens is 474 g/mol. The molecule has 2 N–H and O–H groups in total. The second kappa shape index (κ2) is 9.69. The van der Waals surface area contributed by atoms with Gasteiger partial charge in [0.1, 0.15) is 11.5 Å².